The molecule has 0 amide bonds. The van der Waals surface area contributed by atoms with Crippen LogP contribution in [0.25, 0.3) is 5.57 Å². The number of hydrogen-bond acceptors (Lipinski definition) is 3. The van der Waals surface area contributed by atoms with E-state index in [1.54, 1.807) is 6.07 Å². The molecule has 0 radical (unpaired) electrons. The van der Waals surface area contributed by atoms with Crippen LogP contribution in [-0.4, -0.2) is 12.6 Å². The summed E-state index contributed by atoms with van der Waals surface area (Å²) in [5, 5.41) is 0. The molecule has 3 nitrogen and oxygen atoms in total. The Labute approximate surface area is 122 Å². The van der Waals surface area contributed by atoms with E-state index in [1.807, 2.05) is 37.3 Å². The van der Waals surface area contributed by atoms with Crippen molar-refractivity contribution in [2.45, 2.75) is 13.5 Å². The maximum Gasteiger partial charge on any atom is 0.153 e. The van der Waals surface area contributed by atoms with Gasteiger partial charge in [-0.25, -0.2) is 0 Å². The van der Waals surface area contributed by atoms with Crippen molar-refractivity contribution in [2.75, 3.05) is 0 Å². The van der Waals surface area contributed by atoms with Gasteiger partial charge in [-0.3, -0.25) is 9.59 Å². The minimum Gasteiger partial charge on any atom is -0.487 e. The molecule has 2 aromatic rings. The number of hydrogen-bond donors (Lipinski definition) is 0. The predicted molar refractivity (Wildman–Crippen MR) is 80.5 cm³/mol. The zero-order valence-corrected chi connectivity index (χ0v) is 11.6. The fourth-order valence-corrected chi connectivity index (χ4v) is 2.70. The molecule has 0 saturated carbocycles. The van der Waals surface area contributed by atoms with Crippen LogP contribution in [0, 0.1) is 6.92 Å². The minimum atomic E-state index is 0.378. The maximum atomic E-state index is 11.3. The highest BCUT2D eigenvalue weighted by Gasteiger charge is 2.21. The van der Waals surface area contributed by atoms with Crippen molar-refractivity contribution in [3.05, 3.63) is 70.3 Å². The number of aldehydes is 2. The van der Waals surface area contributed by atoms with E-state index in [0.717, 1.165) is 40.4 Å². The molecule has 0 aromatic heterocycles. The molecule has 0 N–H and O–H groups in total. The lowest BCUT2D eigenvalue weighted by Crippen LogP contribution is -1.98. The molecule has 0 unspecified atom stereocenters. The second kappa shape index (κ2) is 5.37. The summed E-state index contributed by atoms with van der Waals surface area (Å²) in [5.74, 6) is 0.542. The third kappa shape index (κ3) is 2.27. The van der Waals surface area contributed by atoms with Crippen LogP contribution in [0.3, 0.4) is 0 Å². The Hall–Kier alpha value is -2.68. The molecule has 21 heavy (non-hydrogen) atoms. The molecule has 3 heteroatoms. The maximum absolute atomic E-state index is 11.3. The first kappa shape index (κ1) is 13.3. The van der Waals surface area contributed by atoms with Crippen molar-refractivity contribution >= 4 is 18.1 Å². The molecule has 0 saturated heterocycles. The molecule has 0 spiro atoms. The van der Waals surface area contributed by atoms with Gasteiger partial charge >= 0.3 is 0 Å². The van der Waals surface area contributed by atoms with Gasteiger partial charge < -0.3 is 4.74 Å². The van der Waals surface area contributed by atoms with E-state index < -0.39 is 0 Å². The van der Waals surface area contributed by atoms with Crippen molar-refractivity contribution in [1.82, 2.24) is 0 Å². The van der Waals surface area contributed by atoms with E-state index in [-0.39, 0.29) is 0 Å². The molecule has 1 heterocycles. The Morgan fingerprint density at radius 2 is 1.90 bits per heavy atom. The lowest BCUT2D eigenvalue weighted by Gasteiger charge is -2.12. The second-order valence-electron chi connectivity index (χ2n) is 5.01. The number of ether oxygens (including phenoxy) is 1. The number of carbonyl (C=O) groups is 2. The van der Waals surface area contributed by atoms with Crippen molar-refractivity contribution in [1.29, 1.82) is 0 Å². The summed E-state index contributed by atoms with van der Waals surface area (Å²) in [6, 6.07) is 11.5. The van der Waals surface area contributed by atoms with Gasteiger partial charge in [0.2, 0.25) is 0 Å². The van der Waals surface area contributed by atoms with Crippen LogP contribution < -0.4 is 4.74 Å². The highest BCUT2D eigenvalue weighted by molar-refractivity contribution is 5.95. The molecule has 3 rings (SSSR count). The quantitative estimate of drug-likeness (QED) is 0.625. The minimum absolute atomic E-state index is 0.378. The first-order valence-corrected chi connectivity index (χ1v) is 6.71. The molecule has 1 aliphatic rings. The van der Waals surface area contributed by atoms with Crippen LogP contribution in [0.15, 0.2) is 42.5 Å². The van der Waals surface area contributed by atoms with E-state index in [9.17, 15) is 9.59 Å². The number of carbonyl (C=O) groups excluding carboxylic acids is 2. The average Bonchev–Trinajstić information content (AvgIpc) is 2.65. The molecule has 0 fully saturated rings. The summed E-state index contributed by atoms with van der Waals surface area (Å²) in [7, 11) is 0. The summed E-state index contributed by atoms with van der Waals surface area (Å²) in [6.07, 6.45) is 3.09. The van der Waals surface area contributed by atoms with Gasteiger partial charge in [-0.15, -0.1) is 0 Å². The molecule has 0 bridgehead atoms. The first-order valence-electron chi connectivity index (χ1n) is 6.71. The Balaban J connectivity index is 2.34. The number of allylic oxidation sites excluding steroid dienone is 1. The molecular weight excluding hydrogens is 264 g/mol. The second-order valence-corrected chi connectivity index (χ2v) is 5.01. The smallest absolute Gasteiger partial charge is 0.153 e. The molecule has 2 aromatic carbocycles. The van der Waals surface area contributed by atoms with Crippen molar-refractivity contribution in [2.24, 2.45) is 0 Å². The lowest BCUT2D eigenvalue weighted by atomic mass is 9.92. The average molecular weight is 278 g/mol. The Kier molecular flexibility index (Phi) is 3.40. The van der Waals surface area contributed by atoms with E-state index in [2.05, 4.69) is 0 Å². The van der Waals surface area contributed by atoms with Gasteiger partial charge in [0.1, 0.15) is 18.6 Å². The molecule has 1 aliphatic heterocycles. The van der Waals surface area contributed by atoms with E-state index in [4.69, 9.17) is 4.74 Å². The fourth-order valence-electron chi connectivity index (χ4n) is 2.70. The normalized spacial score (nSPS) is 14.6. The van der Waals surface area contributed by atoms with Crippen molar-refractivity contribution in [3.8, 4) is 5.75 Å². The van der Waals surface area contributed by atoms with Crippen LogP contribution in [0.2, 0.25) is 0 Å². The van der Waals surface area contributed by atoms with Crippen molar-refractivity contribution < 1.29 is 14.3 Å². The lowest BCUT2D eigenvalue weighted by molar-refractivity contribution is -0.104. The van der Waals surface area contributed by atoms with Gasteiger partial charge in [-0.2, -0.15) is 0 Å². The number of rotatable bonds is 2. The van der Waals surface area contributed by atoms with Crippen LogP contribution in [-0.2, 0) is 11.4 Å². The molecule has 0 atom stereocenters. The van der Waals surface area contributed by atoms with Crippen LogP contribution in [0.4, 0.5) is 0 Å². The predicted octanol–water partition coefficient (Wildman–Crippen LogP) is 3.33. The highest BCUT2D eigenvalue weighted by atomic mass is 16.5. The van der Waals surface area contributed by atoms with Gasteiger partial charge in [-0.05, 0) is 47.4 Å². The molecule has 0 aliphatic carbocycles. The van der Waals surface area contributed by atoms with Crippen LogP contribution >= 0.6 is 0 Å². The highest BCUT2D eigenvalue weighted by Crippen LogP contribution is 2.38. The van der Waals surface area contributed by atoms with Gasteiger partial charge in [0.15, 0.2) is 6.29 Å². The summed E-state index contributed by atoms with van der Waals surface area (Å²) in [5.41, 5.74) is 5.00. The summed E-state index contributed by atoms with van der Waals surface area (Å²) < 4.78 is 5.84. The Morgan fingerprint density at radius 3 is 2.67 bits per heavy atom. The standard InChI is InChI=1S/C18H14O3/c1-12-8-14(10-20)18-17(9-12)16(6-7-19)15-5-3-2-4-13(15)11-21-18/h2-10H,11H2,1H3/b16-6+. The topological polar surface area (TPSA) is 43.4 Å². The van der Waals surface area contributed by atoms with Gasteiger partial charge in [0.25, 0.3) is 0 Å². The first-order chi connectivity index (χ1) is 10.2. The van der Waals surface area contributed by atoms with Gasteiger partial charge in [0.05, 0.1) is 5.56 Å². The largest absolute Gasteiger partial charge is 0.487 e. The van der Waals surface area contributed by atoms with E-state index >= 15 is 0 Å². The van der Waals surface area contributed by atoms with Gasteiger partial charge in [0, 0.05) is 5.56 Å². The molecular formula is C18H14O3. The molecule has 104 valence electrons. The third-order valence-corrected chi connectivity index (χ3v) is 3.59. The van der Waals surface area contributed by atoms with Crippen molar-refractivity contribution in [3.63, 3.8) is 0 Å². The Morgan fingerprint density at radius 1 is 1.10 bits per heavy atom. The summed E-state index contributed by atoms with van der Waals surface area (Å²) >= 11 is 0. The van der Waals surface area contributed by atoms with E-state index in [1.165, 1.54) is 6.08 Å². The monoisotopic (exact) mass is 278 g/mol. The fraction of sp³-hybridized carbons (Fsp3) is 0.111. The SMILES string of the molecule is Cc1cc(C=O)c2c(c1)/C(=C/C=O)c1ccccc1CO2. The van der Waals surface area contributed by atoms with Crippen LogP contribution in [0.1, 0.15) is 32.6 Å². The zero-order valence-electron chi connectivity index (χ0n) is 11.6. The summed E-state index contributed by atoms with van der Waals surface area (Å²) in [4.78, 5) is 22.4. The van der Waals surface area contributed by atoms with E-state index in [0.29, 0.717) is 17.9 Å². The number of aryl methyl sites for hydroxylation is 1. The zero-order chi connectivity index (χ0) is 14.8. The van der Waals surface area contributed by atoms with Gasteiger partial charge in [-0.1, -0.05) is 24.3 Å². The summed E-state index contributed by atoms with van der Waals surface area (Å²) in [6.45, 7) is 2.30. The number of benzene rings is 2. The Bertz CT molecular complexity index is 757. The third-order valence-electron chi connectivity index (χ3n) is 3.59. The number of fused-ring (bicyclic) bond motifs is 2. The van der Waals surface area contributed by atoms with Crippen LogP contribution in [0.5, 0.6) is 5.75 Å².